The van der Waals surface area contributed by atoms with Crippen LogP contribution in [0.3, 0.4) is 0 Å². The molecule has 1 aromatic rings. The second-order valence-corrected chi connectivity index (χ2v) is 3.69. The average Bonchev–Trinajstić information content (AvgIpc) is 2.08. The van der Waals surface area contributed by atoms with Gasteiger partial charge < -0.3 is 0 Å². The monoisotopic (exact) mass is 197 g/mol. The highest BCUT2D eigenvalue weighted by Crippen LogP contribution is 2.18. The third-order valence-electron chi connectivity index (χ3n) is 1.90. The smallest absolute Gasteiger partial charge is 0.184 e. The van der Waals surface area contributed by atoms with Crippen LogP contribution in [0, 0.1) is 12.8 Å². The first kappa shape index (κ1) is 10.2. The summed E-state index contributed by atoms with van der Waals surface area (Å²) < 4.78 is 0. The lowest BCUT2D eigenvalue weighted by molar-refractivity contribution is 0.0933. The molecular formula is C10H12ClNO. The third-order valence-corrected chi connectivity index (χ3v) is 2.31. The van der Waals surface area contributed by atoms with Crippen LogP contribution in [0.2, 0.25) is 5.02 Å². The SMILES string of the molecule is Cc1c(Cl)ccnc1C(=O)C(C)C. The fourth-order valence-electron chi connectivity index (χ4n) is 1.03. The van der Waals surface area contributed by atoms with Gasteiger partial charge in [-0.05, 0) is 18.6 Å². The summed E-state index contributed by atoms with van der Waals surface area (Å²) in [5, 5.41) is 0.596. The number of aromatic nitrogens is 1. The number of pyridine rings is 1. The third kappa shape index (κ3) is 2.07. The van der Waals surface area contributed by atoms with Gasteiger partial charge in [-0.3, -0.25) is 9.78 Å². The Kier molecular flexibility index (Phi) is 3.04. The molecule has 70 valence electrons. The Balaban J connectivity index is 3.15. The van der Waals surface area contributed by atoms with Crippen molar-refractivity contribution in [3.8, 4) is 0 Å². The van der Waals surface area contributed by atoms with Crippen molar-refractivity contribution in [1.82, 2.24) is 4.98 Å². The van der Waals surface area contributed by atoms with E-state index in [4.69, 9.17) is 11.6 Å². The lowest BCUT2D eigenvalue weighted by atomic mass is 10.0. The first-order chi connectivity index (χ1) is 6.04. The van der Waals surface area contributed by atoms with E-state index in [1.54, 1.807) is 12.3 Å². The summed E-state index contributed by atoms with van der Waals surface area (Å²) in [5.41, 5.74) is 1.25. The minimum atomic E-state index is -0.0373. The van der Waals surface area contributed by atoms with E-state index in [9.17, 15) is 4.79 Å². The quantitative estimate of drug-likeness (QED) is 0.683. The van der Waals surface area contributed by atoms with Gasteiger partial charge in [0, 0.05) is 17.1 Å². The Morgan fingerprint density at radius 2 is 2.15 bits per heavy atom. The number of Topliss-reactive ketones (excluding diaryl/α,β-unsaturated/α-hetero) is 1. The molecule has 0 amide bonds. The topological polar surface area (TPSA) is 30.0 Å². The van der Waals surface area contributed by atoms with E-state index in [2.05, 4.69) is 4.98 Å². The Morgan fingerprint density at radius 1 is 1.54 bits per heavy atom. The summed E-state index contributed by atoms with van der Waals surface area (Å²) in [7, 11) is 0. The van der Waals surface area contributed by atoms with Gasteiger partial charge in [-0.1, -0.05) is 25.4 Å². The van der Waals surface area contributed by atoms with E-state index >= 15 is 0 Å². The molecule has 2 nitrogen and oxygen atoms in total. The number of hydrogen-bond donors (Lipinski definition) is 0. The largest absolute Gasteiger partial charge is 0.292 e. The molecule has 0 aliphatic carbocycles. The zero-order chi connectivity index (χ0) is 10.0. The molecule has 1 aromatic heterocycles. The molecule has 0 bridgehead atoms. The number of carbonyl (C=O) groups excluding carboxylic acids is 1. The highest BCUT2D eigenvalue weighted by atomic mass is 35.5. The molecule has 0 saturated carbocycles. The van der Waals surface area contributed by atoms with Gasteiger partial charge in [0.25, 0.3) is 0 Å². The predicted molar refractivity (Wildman–Crippen MR) is 53.2 cm³/mol. The lowest BCUT2D eigenvalue weighted by Gasteiger charge is -2.06. The van der Waals surface area contributed by atoms with Gasteiger partial charge in [-0.25, -0.2) is 0 Å². The van der Waals surface area contributed by atoms with Gasteiger partial charge >= 0.3 is 0 Å². The second-order valence-electron chi connectivity index (χ2n) is 3.29. The molecule has 0 saturated heterocycles. The van der Waals surface area contributed by atoms with E-state index in [1.807, 2.05) is 20.8 Å². The van der Waals surface area contributed by atoms with Gasteiger partial charge in [0.05, 0.1) is 0 Å². The number of carbonyl (C=O) groups is 1. The summed E-state index contributed by atoms with van der Waals surface area (Å²) in [6, 6.07) is 1.69. The van der Waals surface area contributed by atoms with Crippen LogP contribution in [-0.2, 0) is 0 Å². The van der Waals surface area contributed by atoms with Crippen molar-refractivity contribution in [3.05, 3.63) is 28.5 Å². The summed E-state index contributed by atoms with van der Waals surface area (Å²) >= 11 is 5.87. The summed E-state index contributed by atoms with van der Waals surface area (Å²) in [6.07, 6.45) is 1.56. The summed E-state index contributed by atoms with van der Waals surface area (Å²) in [4.78, 5) is 15.6. The molecule has 0 fully saturated rings. The van der Waals surface area contributed by atoms with E-state index in [0.29, 0.717) is 10.7 Å². The molecule has 13 heavy (non-hydrogen) atoms. The lowest BCUT2D eigenvalue weighted by Crippen LogP contribution is -2.11. The van der Waals surface area contributed by atoms with Crippen molar-refractivity contribution < 1.29 is 4.79 Å². The number of ketones is 1. The number of nitrogens with zero attached hydrogens (tertiary/aromatic N) is 1. The molecule has 0 aromatic carbocycles. The maximum atomic E-state index is 11.6. The first-order valence-electron chi connectivity index (χ1n) is 4.19. The minimum Gasteiger partial charge on any atom is -0.292 e. The van der Waals surface area contributed by atoms with Crippen molar-refractivity contribution in [2.45, 2.75) is 20.8 Å². The van der Waals surface area contributed by atoms with Gasteiger partial charge in [0.15, 0.2) is 5.78 Å². The van der Waals surface area contributed by atoms with Crippen molar-refractivity contribution in [1.29, 1.82) is 0 Å². The van der Waals surface area contributed by atoms with Crippen LogP contribution in [0.15, 0.2) is 12.3 Å². The molecule has 1 rings (SSSR count). The molecule has 0 aliphatic heterocycles. The van der Waals surface area contributed by atoms with Crippen LogP contribution in [0.4, 0.5) is 0 Å². The van der Waals surface area contributed by atoms with Crippen molar-refractivity contribution in [2.24, 2.45) is 5.92 Å². The maximum Gasteiger partial charge on any atom is 0.184 e. The van der Waals surface area contributed by atoms with Gasteiger partial charge in [-0.2, -0.15) is 0 Å². The number of hydrogen-bond acceptors (Lipinski definition) is 2. The highest BCUT2D eigenvalue weighted by molar-refractivity contribution is 6.31. The van der Waals surface area contributed by atoms with E-state index in [0.717, 1.165) is 5.56 Å². The van der Waals surface area contributed by atoms with Crippen molar-refractivity contribution in [3.63, 3.8) is 0 Å². The molecular weight excluding hydrogens is 186 g/mol. The van der Waals surface area contributed by atoms with Crippen LogP contribution in [0.5, 0.6) is 0 Å². The summed E-state index contributed by atoms with van der Waals surface area (Å²) in [5.74, 6) is 0.00432. The van der Waals surface area contributed by atoms with Gasteiger partial charge in [0.1, 0.15) is 5.69 Å². The van der Waals surface area contributed by atoms with Crippen molar-refractivity contribution in [2.75, 3.05) is 0 Å². The predicted octanol–water partition coefficient (Wildman–Crippen LogP) is 2.88. The second kappa shape index (κ2) is 3.88. The Bertz CT molecular complexity index is 334. The average molecular weight is 198 g/mol. The molecule has 0 unspecified atom stereocenters. The molecule has 3 heteroatoms. The van der Waals surface area contributed by atoms with Crippen LogP contribution in [0.1, 0.15) is 29.9 Å². The zero-order valence-corrected chi connectivity index (χ0v) is 8.72. The van der Waals surface area contributed by atoms with E-state index in [1.165, 1.54) is 0 Å². The van der Waals surface area contributed by atoms with Crippen molar-refractivity contribution >= 4 is 17.4 Å². The fourth-order valence-corrected chi connectivity index (χ4v) is 1.18. The normalized spacial score (nSPS) is 10.5. The van der Waals surface area contributed by atoms with Crippen LogP contribution in [0.25, 0.3) is 0 Å². The van der Waals surface area contributed by atoms with Crippen LogP contribution >= 0.6 is 11.6 Å². The zero-order valence-electron chi connectivity index (χ0n) is 7.97. The van der Waals surface area contributed by atoms with E-state index in [-0.39, 0.29) is 11.7 Å². The Hall–Kier alpha value is -0.890. The molecule has 0 atom stereocenters. The number of halogens is 1. The minimum absolute atomic E-state index is 0.0373. The maximum absolute atomic E-state index is 11.6. The summed E-state index contributed by atoms with van der Waals surface area (Å²) in [6.45, 7) is 5.51. The molecule has 0 aliphatic rings. The fraction of sp³-hybridized carbons (Fsp3) is 0.400. The molecule has 0 spiro atoms. The first-order valence-corrected chi connectivity index (χ1v) is 4.57. The highest BCUT2D eigenvalue weighted by Gasteiger charge is 2.15. The van der Waals surface area contributed by atoms with E-state index < -0.39 is 0 Å². The Labute approximate surface area is 82.9 Å². The van der Waals surface area contributed by atoms with Gasteiger partial charge in [-0.15, -0.1) is 0 Å². The standard InChI is InChI=1S/C10H12ClNO/c1-6(2)10(13)9-7(3)8(11)4-5-12-9/h4-6H,1-3H3. The molecule has 1 heterocycles. The number of rotatable bonds is 2. The Morgan fingerprint density at radius 3 is 2.69 bits per heavy atom. The van der Waals surface area contributed by atoms with Gasteiger partial charge in [0.2, 0.25) is 0 Å². The van der Waals surface area contributed by atoms with Crippen LogP contribution < -0.4 is 0 Å². The molecule has 0 N–H and O–H groups in total. The molecule has 0 radical (unpaired) electrons. The van der Waals surface area contributed by atoms with Crippen LogP contribution in [-0.4, -0.2) is 10.8 Å².